The predicted molar refractivity (Wildman–Crippen MR) is 96.3 cm³/mol. The number of carbonyl (C=O) groups is 1. The molecule has 1 heterocycles. The molecule has 0 saturated carbocycles. The van der Waals surface area contributed by atoms with E-state index in [1.807, 2.05) is 55.5 Å². The number of hydrogen-bond donors (Lipinski definition) is 3. The summed E-state index contributed by atoms with van der Waals surface area (Å²) < 4.78 is 5.75. The number of para-hydroxylation sites is 1. The van der Waals surface area contributed by atoms with Gasteiger partial charge in [0, 0.05) is 11.5 Å². The molecule has 2 aromatic rings. The topological polar surface area (TPSA) is 78.8 Å². The zero-order valence-electron chi connectivity index (χ0n) is 14.2. The van der Waals surface area contributed by atoms with Gasteiger partial charge in [-0.2, -0.15) is 0 Å². The molecule has 1 unspecified atom stereocenters. The van der Waals surface area contributed by atoms with Crippen LogP contribution in [0.25, 0.3) is 0 Å². The lowest BCUT2D eigenvalue weighted by Crippen LogP contribution is -2.47. The van der Waals surface area contributed by atoms with E-state index in [-0.39, 0.29) is 18.2 Å². The Morgan fingerprint density at radius 3 is 2.72 bits per heavy atom. The smallest absolute Gasteiger partial charge is 0.475 e. The van der Waals surface area contributed by atoms with Crippen LogP contribution in [-0.4, -0.2) is 35.6 Å². The fourth-order valence-corrected chi connectivity index (χ4v) is 3.26. The standard InChI is InChI=1S/C19H22BNO4/c1-13-6-5-9-16-15(12-25-19(13)16)11-17(20(23)24)21-18(22)10-14-7-3-2-4-8-14/h2-9,15,17,23-24H,10-12H2,1H3,(H,21,22)/t15-,17?/m1/s1. The third-order valence-corrected chi connectivity index (χ3v) is 4.56. The molecule has 0 saturated heterocycles. The van der Waals surface area contributed by atoms with Gasteiger partial charge in [0.25, 0.3) is 0 Å². The fraction of sp³-hybridized carbons (Fsp3) is 0.316. The van der Waals surface area contributed by atoms with Crippen molar-refractivity contribution in [1.82, 2.24) is 5.32 Å². The van der Waals surface area contributed by atoms with Crippen molar-refractivity contribution in [2.45, 2.75) is 31.6 Å². The third-order valence-electron chi connectivity index (χ3n) is 4.56. The maximum absolute atomic E-state index is 12.2. The van der Waals surface area contributed by atoms with Gasteiger partial charge in [-0.15, -0.1) is 0 Å². The van der Waals surface area contributed by atoms with E-state index in [4.69, 9.17) is 4.74 Å². The Morgan fingerprint density at radius 1 is 1.24 bits per heavy atom. The first kappa shape index (κ1) is 17.5. The number of benzene rings is 2. The molecule has 1 amide bonds. The summed E-state index contributed by atoms with van der Waals surface area (Å²) in [6.45, 7) is 2.47. The van der Waals surface area contributed by atoms with E-state index >= 15 is 0 Å². The van der Waals surface area contributed by atoms with Crippen LogP contribution in [0.15, 0.2) is 48.5 Å². The minimum Gasteiger partial charge on any atom is -0.492 e. The van der Waals surface area contributed by atoms with E-state index in [9.17, 15) is 14.8 Å². The van der Waals surface area contributed by atoms with Gasteiger partial charge in [0.2, 0.25) is 5.91 Å². The number of nitrogens with one attached hydrogen (secondary N) is 1. The van der Waals surface area contributed by atoms with Crippen molar-refractivity contribution in [3.8, 4) is 5.75 Å². The van der Waals surface area contributed by atoms with E-state index in [0.29, 0.717) is 13.0 Å². The average molecular weight is 339 g/mol. The molecule has 0 radical (unpaired) electrons. The molecule has 0 bridgehead atoms. The fourth-order valence-electron chi connectivity index (χ4n) is 3.26. The van der Waals surface area contributed by atoms with Crippen molar-refractivity contribution in [2.24, 2.45) is 0 Å². The minimum atomic E-state index is -1.62. The van der Waals surface area contributed by atoms with Crippen molar-refractivity contribution < 1.29 is 19.6 Å². The molecule has 0 spiro atoms. The maximum atomic E-state index is 12.2. The molecule has 0 aliphatic carbocycles. The second kappa shape index (κ2) is 7.72. The lowest BCUT2D eigenvalue weighted by molar-refractivity contribution is -0.120. The van der Waals surface area contributed by atoms with Gasteiger partial charge in [0.05, 0.1) is 19.0 Å². The molecule has 2 aromatic carbocycles. The van der Waals surface area contributed by atoms with Crippen LogP contribution in [0, 0.1) is 6.92 Å². The Balaban J connectivity index is 1.65. The van der Waals surface area contributed by atoms with Gasteiger partial charge in [-0.1, -0.05) is 48.5 Å². The summed E-state index contributed by atoms with van der Waals surface area (Å²) >= 11 is 0. The molecule has 3 rings (SSSR count). The lowest BCUT2D eigenvalue weighted by atomic mass is 9.73. The second-order valence-electron chi connectivity index (χ2n) is 6.49. The van der Waals surface area contributed by atoms with Crippen LogP contribution >= 0.6 is 0 Å². The number of hydrogen-bond acceptors (Lipinski definition) is 4. The number of amides is 1. The van der Waals surface area contributed by atoms with Gasteiger partial charge < -0.3 is 20.1 Å². The normalized spacial score (nSPS) is 16.7. The van der Waals surface area contributed by atoms with Gasteiger partial charge in [-0.05, 0) is 24.5 Å². The molecule has 3 N–H and O–H groups in total. The highest BCUT2D eigenvalue weighted by Crippen LogP contribution is 2.38. The highest BCUT2D eigenvalue weighted by Gasteiger charge is 2.33. The van der Waals surface area contributed by atoms with Crippen LogP contribution in [0.2, 0.25) is 0 Å². The summed E-state index contributed by atoms with van der Waals surface area (Å²) in [6, 6.07) is 15.3. The Hall–Kier alpha value is -2.31. The van der Waals surface area contributed by atoms with E-state index in [1.165, 1.54) is 0 Å². The van der Waals surface area contributed by atoms with E-state index < -0.39 is 13.1 Å². The Bertz CT molecular complexity index is 735. The summed E-state index contributed by atoms with van der Waals surface area (Å²) in [5, 5.41) is 22.1. The van der Waals surface area contributed by atoms with Crippen molar-refractivity contribution in [2.75, 3.05) is 6.61 Å². The van der Waals surface area contributed by atoms with Crippen LogP contribution in [0.1, 0.15) is 29.0 Å². The molecule has 1 aliphatic rings. The lowest BCUT2D eigenvalue weighted by Gasteiger charge is -2.21. The highest BCUT2D eigenvalue weighted by molar-refractivity contribution is 6.43. The highest BCUT2D eigenvalue weighted by atomic mass is 16.5. The molecule has 0 fully saturated rings. The van der Waals surface area contributed by atoms with Crippen LogP contribution in [0.3, 0.4) is 0 Å². The third kappa shape index (κ3) is 4.21. The molecule has 1 aliphatic heterocycles. The SMILES string of the molecule is Cc1cccc2c1OC[C@H]2CC(NC(=O)Cc1ccccc1)B(O)O. The minimum absolute atomic E-state index is 0.0266. The van der Waals surface area contributed by atoms with E-state index in [1.54, 1.807) is 0 Å². The predicted octanol–water partition coefficient (Wildman–Crippen LogP) is 1.60. The first-order valence-corrected chi connectivity index (χ1v) is 8.46. The van der Waals surface area contributed by atoms with Crippen molar-refractivity contribution >= 4 is 13.0 Å². The van der Waals surface area contributed by atoms with Crippen molar-refractivity contribution in [3.05, 3.63) is 65.2 Å². The van der Waals surface area contributed by atoms with Crippen LogP contribution < -0.4 is 10.1 Å². The summed E-state index contributed by atoms with van der Waals surface area (Å²) in [7, 11) is -1.62. The van der Waals surface area contributed by atoms with E-state index in [0.717, 1.165) is 22.4 Å². The first-order chi connectivity index (χ1) is 12.0. The molecule has 130 valence electrons. The molecule has 6 heteroatoms. The molecule has 25 heavy (non-hydrogen) atoms. The Morgan fingerprint density at radius 2 is 2.00 bits per heavy atom. The molecular weight excluding hydrogens is 317 g/mol. The Kier molecular flexibility index (Phi) is 5.41. The van der Waals surface area contributed by atoms with Crippen LogP contribution in [-0.2, 0) is 11.2 Å². The number of fused-ring (bicyclic) bond motifs is 1. The largest absolute Gasteiger partial charge is 0.492 e. The summed E-state index contributed by atoms with van der Waals surface area (Å²) in [5.41, 5.74) is 3.01. The van der Waals surface area contributed by atoms with Gasteiger partial charge in [0.15, 0.2) is 0 Å². The summed E-state index contributed by atoms with van der Waals surface area (Å²) in [5.74, 6) is -0.0722. The molecular formula is C19H22BNO4. The van der Waals surface area contributed by atoms with Crippen LogP contribution in [0.5, 0.6) is 5.75 Å². The quantitative estimate of drug-likeness (QED) is 0.699. The number of carbonyl (C=O) groups excluding carboxylic acids is 1. The van der Waals surface area contributed by atoms with Gasteiger partial charge in [0.1, 0.15) is 5.75 Å². The zero-order chi connectivity index (χ0) is 17.8. The number of rotatable bonds is 6. The number of aryl methyl sites for hydroxylation is 1. The zero-order valence-corrected chi connectivity index (χ0v) is 14.2. The first-order valence-electron chi connectivity index (χ1n) is 8.46. The molecule has 5 nitrogen and oxygen atoms in total. The van der Waals surface area contributed by atoms with Gasteiger partial charge >= 0.3 is 7.12 Å². The van der Waals surface area contributed by atoms with Crippen LogP contribution in [0.4, 0.5) is 0 Å². The molecule has 0 aromatic heterocycles. The monoisotopic (exact) mass is 339 g/mol. The second-order valence-corrected chi connectivity index (χ2v) is 6.49. The summed E-state index contributed by atoms with van der Waals surface area (Å²) in [4.78, 5) is 12.2. The van der Waals surface area contributed by atoms with Crippen molar-refractivity contribution in [1.29, 1.82) is 0 Å². The Labute approximate surface area is 147 Å². The average Bonchev–Trinajstić information content (AvgIpc) is 2.99. The van der Waals surface area contributed by atoms with Gasteiger partial charge in [-0.25, -0.2) is 0 Å². The van der Waals surface area contributed by atoms with Gasteiger partial charge in [-0.3, -0.25) is 4.79 Å². The van der Waals surface area contributed by atoms with E-state index in [2.05, 4.69) is 5.32 Å². The number of ether oxygens (including phenoxy) is 1. The summed E-state index contributed by atoms with van der Waals surface area (Å²) in [6.07, 6.45) is 0.621. The maximum Gasteiger partial charge on any atom is 0.475 e. The van der Waals surface area contributed by atoms with Crippen molar-refractivity contribution in [3.63, 3.8) is 0 Å². The molecule has 2 atom stereocenters.